The van der Waals surface area contributed by atoms with Crippen LogP contribution in [0.3, 0.4) is 0 Å². The van der Waals surface area contributed by atoms with Crippen molar-refractivity contribution in [1.29, 1.82) is 0 Å². The van der Waals surface area contributed by atoms with Gasteiger partial charge in [-0.15, -0.1) is 13.2 Å². The van der Waals surface area contributed by atoms with E-state index in [1.165, 1.54) is 26.4 Å². The van der Waals surface area contributed by atoms with E-state index in [-0.39, 0.29) is 11.5 Å². The van der Waals surface area contributed by atoms with Crippen LogP contribution >= 0.6 is 21.4 Å². The van der Waals surface area contributed by atoms with Gasteiger partial charge in [-0.25, -0.2) is 0 Å². The lowest BCUT2D eigenvalue weighted by molar-refractivity contribution is -0.275. The Morgan fingerprint density at radius 2 is 1.50 bits per heavy atom. The summed E-state index contributed by atoms with van der Waals surface area (Å²) in [5.41, 5.74) is 0. The lowest BCUT2D eigenvalue weighted by Crippen LogP contribution is -2.17. The van der Waals surface area contributed by atoms with Gasteiger partial charge in [-0.05, 0) is 12.1 Å². The predicted molar refractivity (Wildman–Crippen MR) is 66.9 cm³/mol. The Bertz CT molecular complexity index is 525. The molecule has 0 N–H and O–H groups in total. The van der Waals surface area contributed by atoms with Gasteiger partial charge >= 0.3 is 14.6 Å². The van der Waals surface area contributed by atoms with Crippen LogP contribution in [0.2, 0.25) is 0 Å². The Morgan fingerprint density at radius 3 is 1.85 bits per heavy atom. The van der Waals surface area contributed by atoms with E-state index >= 15 is 0 Å². The molecule has 116 valence electrons. The van der Waals surface area contributed by atoms with E-state index < -0.39 is 20.4 Å². The van der Waals surface area contributed by atoms with Crippen LogP contribution < -0.4 is 14.2 Å². The summed E-state index contributed by atoms with van der Waals surface area (Å²) in [6.07, 6.45) is -4.75. The van der Waals surface area contributed by atoms with Gasteiger partial charge in [0.25, 0.3) is 0 Å². The third kappa shape index (κ3) is 8.94. The van der Waals surface area contributed by atoms with E-state index in [0.29, 0.717) is 0 Å². The summed E-state index contributed by atoms with van der Waals surface area (Å²) >= 11 is 0. The maximum atomic E-state index is 12.0. The second kappa shape index (κ2) is 7.65. The highest BCUT2D eigenvalue weighted by atomic mass is 36.0. The number of ether oxygens (including phenoxy) is 3. The number of hydrogen-bond acceptors (Lipinski definition) is 5. The van der Waals surface area contributed by atoms with Crippen LogP contribution in [-0.4, -0.2) is 29.0 Å². The van der Waals surface area contributed by atoms with Crippen molar-refractivity contribution in [3.63, 3.8) is 0 Å². The zero-order valence-electron chi connectivity index (χ0n) is 10.1. The van der Waals surface area contributed by atoms with Gasteiger partial charge in [-0.2, -0.15) is 8.42 Å². The summed E-state index contributed by atoms with van der Waals surface area (Å²) in [5, 5.41) is 0. The molecule has 0 aliphatic heterocycles. The normalized spacial score (nSPS) is 11.2. The van der Waals surface area contributed by atoms with Gasteiger partial charge < -0.3 is 14.2 Å². The quantitative estimate of drug-likeness (QED) is 0.777. The van der Waals surface area contributed by atoms with Crippen LogP contribution in [0.4, 0.5) is 13.2 Å². The van der Waals surface area contributed by atoms with E-state index in [4.69, 9.17) is 17.9 Å². The first kappa shape index (κ1) is 18.9. The van der Waals surface area contributed by atoms with Gasteiger partial charge in [0.15, 0.2) is 11.5 Å². The average molecular weight is 357 g/mol. The Labute approximate surface area is 122 Å². The molecule has 0 atom stereocenters. The molecule has 0 fully saturated rings. The number of rotatable bonds is 3. The van der Waals surface area contributed by atoms with Crippen molar-refractivity contribution in [2.24, 2.45) is 0 Å². The molecule has 1 aromatic rings. The molecule has 0 saturated carbocycles. The van der Waals surface area contributed by atoms with Crippen LogP contribution in [0.1, 0.15) is 0 Å². The summed E-state index contributed by atoms with van der Waals surface area (Å²) in [5.74, 6) is -0.332. The molecule has 0 spiro atoms. The molecular weight excluding hydrogens is 348 g/mol. The standard InChI is InChI=1S/C9H9F3O3.Cl2O2S/c1-13-6-4-3-5-7(8(6)14-2)15-9(10,11)12;1-5(2,3)4/h3-5H,1-2H3;. The average Bonchev–Trinajstić information content (AvgIpc) is 2.24. The summed E-state index contributed by atoms with van der Waals surface area (Å²) in [4.78, 5) is 0. The number of halogens is 5. The highest BCUT2D eigenvalue weighted by Crippen LogP contribution is 2.39. The molecule has 0 radical (unpaired) electrons. The molecule has 1 aromatic carbocycles. The van der Waals surface area contributed by atoms with E-state index in [1.54, 1.807) is 0 Å². The maximum absolute atomic E-state index is 12.0. The van der Waals surface area contributed by atoms with Gasteiger partial charge in [0.2, 0.25) is 5.75 Å². The van der Waals surface area contributed by atoms with Crippen LogP contribution in [0, 0.1) is 0 Å². The molecule has 0 unspecified atom stereocenters. The lowest BCUT2D eigenvalue weighted by Gasteiger charge is -2.14. The lowest BCUT2D eigenvalue weighted by atomic mass is 10.3. The molecule has 0 heterocycles. The molecule has 0 amide bonds. The molecule has 0 bridgehead atoms. The van der Waals surface area contributed by atoms with Crippen molar-refractivity contribution in [3.05, 3.63) is 18.2 Å². The molecular formula is C9H9Cl2F3O5S. The van der Waals surface area contributed by atoms with E-state index in [2.05, 4.69) is 26.1 Å². The first-order valence-electron chi connectivity index (χ1n) is 4.59. The minimum Gasteiger partial charge on any atom is -0.493 e. The van der Waals surface area contributed by atoms with Crippen molar-refractivity contribution in [2.45, 2.75) is 6.36 Å². The second-order valence-corrected chi connectivity index (χ2v) is 6.59. The number of alkyl halides is 3. The topological polar surface area (TPSA) is 61.8 Å². The molecule has 0 aromatic heterocycles. The van der Waals surface area contributed by atoms with Gasteiger partial charge in [0.1, 0.15) is 0 Å². The second-order valence-electron chi connectivity index (χ2n) is 2.92. The Hall–Kier alpha value is -1.06. The van der Waals surface area contributed by atoms with Crippen molar-refractivity contribution in [2.75, 3.05) is 14.2 Å². The van der Waals surface area contributed by atoms with E-state index in [1.807, 2.05) is 0 Å². The SMILES string of the molecule is COc1cccc(OC(F)(F)F)c1OC.O=S(=O)(Cl)Cl. The molecule has 5 nitrogen and oxygen atoms in total. The van der Waals surface area contributed by atoms with Crippen molar-refractivity contribution >= 4 is 29.6 Å². The summed E-state index contributed by atoms with van der Waals surface area (Å²) in [6, 6.07) is 4.00. The summed E-state index contributed by atoms with van der Waals surface area (Å²) in [7, 11) is 7.38. The fraction of sp³-hybridized carbons (Fsp3) is 0.333. The Kier molecular flexibility index (Phi) is 7.25. The molecule has 1 rings (SSSR count). The highest BCUT2D eigenvalue weighted by Gasteiger charge is 2.33. The van der Waals surface area contributed by atoms with Gasteiger partial charge in [0.05, 0.1) is 14.2 Å². The minimum absolute atomic E-state index is 0.0858. The third-order valence-electron chi connectivity index (χ3n) is 1.59. The van der Waals surface area contributed by atoms with Gasteiger partial charge in [-0.3, -0.25) is 0 Å². The fourth-order valence-electron chi connectivity index (χ4n) is 1.06. The van der Waals surface area contributed by atoms with Crippen LogP contribution in [0.5, 0.6) is 17.2 Å². The number of benzene rings is 1. The monoisotopic (exact) mass is 356 g/mol. The fourth-order valence-corrected chi connectivity index (χ4v) is 1.06. The highest BCUT2D eigenvalue weighted by molar-refractivity contribution is 8.31. The van der Waals surface area contributed by atoms with Crippen molar-refractivity contribution in [1.82, 2.24) is 0 Å². The van der Waals surface area contributed by atoms with Gasteiger partial charge in [0, 0.05) is 21.4 Å². The summed E-state index contributed by atoms with van der Waals surface area (Å²) in [6.45, 7) is 0. The molecule has 20 heavy (non-hydrogen) atoms. The van der Waals surface area contributed by atoms with Crippen LogP contribution in [-0.2, 0) is 8.26 Å². The predicted octanol–water partition coefficient (Wildman–Crippen LogP) is 3.31. The Balaban J connectivity index is 0.000000621. The maximum Gasteiger partial charge on any atom is 0.573 e. The Morgan fingerprint density at radius 1 is 1.05 bits per heavy atom. The van der Waals surface area contributed by atoms with Gasteiger partial charge in [-0.1, -0.05) is 6.07 Å². The zero-order valence-corrected chi connectivity index (χ0v) is 12.4. The number of para-hydroxylation sites is 1. The molecule has 0 aliphatic carbocycles. The molecule has 11 heteroatoms. The van der Waals surface area contributed by atoms with Crippen molar-refractivity contribution < 1.29 is 35.8 Å². The minimum atomic E-state index is -4.75. The van der Waals surface area contributed by atoms with Crippen LogP contribution in [0.15, 0.2) is 18.2 Å². The number of methoxy groups -OCH3 is 2. The van der Waals surface area contributed by atoms with E-state index in [9.17, 15) is 13.2 Å². The zero-order chi connectivity index (χ0) is 16.0. The third-order valence-corrected chi connectivity index (χ3v) is 1.59. The molecule has 0 saturated heterocycles. The number of hydrogen-bond donors (Lipinski definition) is 0. The first-order valence-corrected chi connectivity index (χ1v) is 7.72. The molecule has 0 aliphatic rings. The van der Waals surface area contributed by atoms with Crippen LogP contribution in [0.25, 0.3) is 0 Å². The first-order chi connectivity index (χ1) is 8.98. The largest absolute Gasteiger partial charge is 0.573 e. The summed E-state index contributed by atoms with van der Waals surface area (Å²) < 4.78 is 67.6. The van der Waals surface area contributed by atoms with E-state index in [0.717, 1.165) is 6.07 Å². The van der Waals surface area contributed by atoms with Crippen molar-refractivity contribution in [3.8, 4) is 17.2 Å². The smallest absolute Gasteiger partial charge is 0.493 e.